The molecule has 0 aliphatic heterocycles. The predicted molar refractivity (Wildman–Crippen MR) is 145 cm³/mol. The number of hydrogen-bond donors (Lipinski definition) is 0. The average Bonchev–Trinajstić information content (AvgIpc) is 2.77. The van der Waals surface area contributed by atoms with Gasteiger partial charge >= 0.3 is 11.9 Å². The fourth-order valence-corrected chi connectivity index (χ4v) is 14.5. The van der Waals surface area contributed by atoms with Crippen LogP contribution in [0, 0.1) is 0 Å². The maximum Gasteiger partial charge on any atom is 0.337 e. The Bertz CT molecular complexity index is 475. The smallest absolute Gasteiger partial charge is 0.337 e. The van der Waals surface area contributed by atoms with Crippen LogP contribution < -0.4 is 0 Å². The van der Waals surface area contributed by atoms with Gasteiger partial charge in [-0.05, 0) is 50.1 Å². The van der Waals surface area contributed by atoms with Gasteiger partial charge in [-0.15, -0.1) is 0 Å². The Balaban J connectivity index is 6.57. The summed E-state index contributed by atoms with van der Waals surface area (Å²) >= 11 is 0. The normalized spacial score (nSPS) is 14.0. The van der Waals surface area contributed by atoms with Crippen LogP contribution in [0.25, 0.3) is 0 Å². The zero-order chi connectivity index (χ0) is 26.0. The number of hydrogen-bond acceptors (Lipinski definition) is 6. The first-order valence-corrected chi connectivity index (χ1v) is 19.0. The van der Waals surface area contributed by atoms with Crippen molar-refractivity contribution in [2.45, 2.75) is 142 Å². The molecule has 2 atom stereocenters. The average molecular weight is 519 g/mol. The largest absolute Gasteiger partial charge is 0.464 e. The Morgan fingerprint density at radius 2 is 0.735 bits per heavy atom. The van der Waals surface area contributed by atoms with Gasteiger partial charge in [0.25, 0.3) is 0 Å². The van der Waals surface area contributed by atoms with Gasteiger partial charge < -0.3 is 18.3 Å². The summed E-state index contributed by atoms with van der Waals surface area (Å²) in [5.74, 6) is -0.985. The van der Waals surface area contributed by atoms with Crippen molar-refractivity contribution in [2.24, 2.45) is 0 Å². The van der Waals surface area contributed by atoms with Crippen LogP contribution in [0.15, 0.2) is 0 Å². The highest BCUT2D eigenvalue weighted by Gasteiger charge is 2.48. The van der Waals surface area contributed by atoms with Crippen molar-refractivity contribution in [3.8, 4) is 0 Å². The summed E-state index contributed by atoms with van der Waals surface area (Å²) in [4.78, 5) is 26.7. The van der Waals surface area contributed by atoms with E-state index < -0.39 is 40.8 Å². The second-order valence-electron chi connectivity index (χ2n) is 9.45. The van der Waals surface area contributed by atoms with Crippen LogP contribution in [0.1, 0.15) is 93.9 Å². The van der Waals surface area contributed by atoms with Gasteiger partial charge in [0.2, 0.25) is 0 Å². The molecule has 0 rings (SSSR count). The van der Waals surface area contributed by atoms with Crippen LogP contribution in [-0.2, 0) is 27.9 Å². The van der Waals surface area contributed by atoms with Gasteiger partial charge in [-0.25, -0.2) is 9.59 Å². The lowest BCUT2D eigenvalue weighted by molar-refractivity contribution is -0.170. The van der Waals surface area contributed by atoms with Crippen molar-refractivity contribution in [3.05, 3.63) is 0 Å². The minimum Gasteiger partial charge on any atom is -0.464 e. The van der Waals surface area contributed by atoms with E-state index in [9.17, 15) is 9.59 Å². The fourth-order valence-electron chi connectivity index (χ4n) is 5.29. The van der Waals surface area contributed by atoms with E-state index >= 15 is 0 Å². The Labute approximate surface area is 212 Å². The van der Waals surface area contributed by atoms with Gasteiger partial charge in [-0.3, -0.25) is 0 Å². The third-order valence-electron chi connectivity index (χ3n) is 6.30. The van der Waals surface area contributed by atoms with Crippen LogP contribution >= 0.6 is 0 Å². The summed E-state index contributed by atoms with van der Waals surface area (Å²) in [5, 5.41) is 0. The monoisotopic (exact) mass is 518 g/mol. The van der Waals surface area contributed by atoms with E-state index in [0.29, 0.717) is 0 Å². The van der Waals surface area contributed by atoms with Gasteiger partial charge in [-0.1, -0.05) is 80.1 Å². The molecule has 0 N–H and O–H groups in total. The zero-order valence-corrected chi connectivity index (χ0v) is 25.5. The van der Waals surface area contributed by atoms with E-state index in [2.05, 4.69) is 41.5 Å². The van der Waals surface area contributed by atoms with E-state index in [1.807, 2.05) is 0 Å². The first-order chi connectivity index (χ1) is 16.3. The summed E-state index contributed by atoms with van der Waals surface area (Å²) in [5.41, 5.74) is 0. The minimum atomic E-state index is -2.29. The molecule has 6 nitrogen and oxygen atoms in total. The van der Waals surface area contributed by atoms with Crippen LogP contribution in [0.3, 0.4) is 0 Å². The first kappa shape index (κ1) is 33.3. The molecule has 202 valence electrons. The summed E-state index contributed by atoms with van der Waals surface area (Å²) in [6.07, 6.45) is 3.83. The molecule has 0 aliphatic carbocycles. The molecule has 0 heterocycles. The molecule has 0 aromatic heterocycles. The lowest BCUT2D eigenvalue weighted by atomic mass is 10.2. The molecular formula is C26H54O6Si2. The third-order valence-corrected chi connectivity index (χ3v) is 16.3. The predicted octanol–water partition coefficient (Wildman–Crippen LogP) is 7.23. The van der Waals surface area contributed by atoms with Crippen LogP contribution in [0.2, 0.25) is 36.3 Å². The van der Waals surface area contributed by atoms with E-state index in [1.165, 1.54) is 0 Å². The number of carbonyl (C=O) groups is 2. The molecule has 0 fully saturated rings. The van der Waals surface area contributed by atoms with Crippen molar-refractivity contribution >= 4 is 28.6 Å². The van der Waals surface area contributed by atoms with Gasteiger partial charge in [0.15, 0.2) is 28.8 Å². The quantitative estimate of drug-likeness (QED) is 0.118. The number of esters is 2. The molecule has 0 bridgehead atoms. The Morgan fingerprint density at radius 3 is 0.912 bits per heavy atom. The van der Waals surface area contributed by atoms with Crippen molar-refractivity contribution in [2.75, 3.05) is 13.2 Å². The molecule has 0 aromatic rings. The molecule has 0 amide bonds. The molecular weight excluding hydrogens is 464 g/mol. The molecule has 34 heavy (non-hydrogen) atoms. The first-order valence-electron chi connectivity index (χ1n) is 14.0. The van der Waals surface area contributed by atoms with Crippen LogP contribution in [-0.4, -0.2) is 54.0 Å². The van der Waals surface area contributed by atoms with Gasteiger partial charge in [0.05, 0.1) is 13.2 Å². The summed E-state index contributed by atoms with van der Waals surface area (Å²) in [6, 6.07) is 5.76. The Kier molecular flexibility index (Phi) is 18.2. The van der Waals surface area contributed by atoms with E-state index in [0.717, 1.165) is 74.8 Å². The van der Waals surface area contributed by atoms with Gasteiger partial charge in [0, 0.05) is 0 Å². The van der Waals surface area contributed by atoms with E-state index in [1.54, 1.807) is 13.8 Å². The second kappa shape index (κ2) is 18.5. The molecule has 0 radical (unpaired) electrons. The minimum absolute atomic E-state index is 0.236. The standard InChI is InChI=1S/C26H54O6Si2/c1-9-17-33(18-10-2,19-11-3)31-23(25(27)29-15-7)24(26(28)30-16-8)32-34(20-12-4,21-13-5)22-14-6/h23-24H,9-22H2,1-8H3. The second-order valence-corrected chi connectivity index (χ2v) is 17.7. The van der Waals surface area contributed by atoms with Crippen molar-refractivity contribution in [1.29, 1.82) is 0 Å². The molecule has 0 aromatic carbocycles. The van der Waals surface area contributed by atoms with Crippen LogP contribution in [0.5, 0.6) is 0 Å². The van der Waals surface area contributed by atoms with Crippen molar-refractivity contribution in [3.63, 3.8) is 0 Å². The molecule has 0 saturated carbocycles. The highest BCUT2D eigenvalue weighted by molar-refractivity contribution is 6.74. The van der Waals surface area contributed by atoms with Crippen molar-refractivity contribution < 1.29 is 27.9 Å². The van der Waals surface area contributed by atoms with Gasteiger partial charge in [0.1, 0.15) is 0 Å². The summed E-state index contributed by atoms with van der Waals surface area (Å²) < 4.78 is 24.6. The topological polar surface area (TPSA) is 71.1 Å². The number of ether oxygens (including phenoxy) is 2. The highest BCUT2D eigenvalue weighted by Crippen LogP contribution is 2.34. The van der Waals surface area contributed by atoms with Crippen LogP contribution in [0.4, 0.5) is 0 Å². The maximum absolute atomic E-state index is 13.3. The fraction of sp³-hybridized carbons (Fsp3) is 0.923. The maximum atomic E-state index is 13.3. The van der Waals surface area contributed by atoms with Gasteiger partial charge in [-0.2, -0.15) is 0 Å². The molecule has 0 aliphatic rings. The van der Waals surface area contributed by atoms with E-state index in [4.69, 9.17) is 18.3 Å². The molecule has 0 spiro atoms. The SMILES string of the molecule is CCC[Si](CCC)(CCC)OC(C(=O)OCC)C(O[Si](CCC)(CCC)CCC)C(=O)OCC. The molecule has 8 heteroatoms. The molecule has 0 saturated heterocycles. The Hall–Kier alpha value is -0.706. The van der Waals surface area contributed by atoms with Crippen molar-refractivity contribution in [1.82, 2.24) is 0 Å². The molecule has 2 unspecified atom stereocenters. The summed E-state index contributed by atoms with van der Waals surface area (Å²) in [6.45, 7) is 17.0. The van der Waals surface area contributed by atoms with E-state index in [-0.39, 0.29) is 13.2 Å². The number of carbonyl (C=O) groups excluding carboxylic acids is 2. The lowest BCUT2D eigenvalue weighted by Gasteiger charge is -2.40. The third kappa shape index (κ3) is 10.9. The lowest BCUT2D eigenvalue weighted by Crippen LogP contribution is -2.56. The highest BCUT2D eigenvalue weighted by atomic mass is 28.4. The summed E-state index contributed by atoms with van der Waals surface area (Å²) in [7, 11) is -4.57. The zero-order valence-electron chi connectivity index (χ0n) is 23.5. The Morgan fingerprint density at radius 1 is 0.500 bits per heavy atom. The number of rotatable bonds is 21.